The summed E-state index contributed by atoms with van der Waals surface area (Å²) in [5.41, 5.74) is 1.85. The highest BCUT2D eigenvalue weighted by atomic mass is 79.9. The molecule has 0 aliphatic heterocycles. The molecule has 16 heavy (non-hydrogen) atoms. The molecule has 1 rings (SSSR count). The molecule has 0 bridgehead atoms. The van der Waals surface area contributed by atoms with Crippen LogP contribution in [0.3, 0.4) is 0 Å². The molecule has 0 spiro atoms. The number of ether oxygens (including phenoxy) is 1. The third-order valence-corrected chi connectivity index (χ3v) is 2.93. The van der Waals surface area contributed by atoms with Crippen molar-refractivity contribution in [3.05, 3.63) is 29.8 Å². The van der Waals surface area contributed by atoms with E-state index in [4.69, 9.17) is 16.3 Å². The number of carbonyl (C=O) groups excluding carboxylic acids is 1. The van der Waals surface area contributed by atoms with Gasteiger partial charge in [-0.25, -0.2) is 0 Å². The molecule has 0 radical (unpaired) electrons. The third-order valence-electron chi connectivity index (χ3n) is 2.10. The summed E-state index contributed by atoms with van der Waals surface area (Å²) < 4.78 is 5.01. The predicted octanol–water partition coefficient (Wildman–Crippen LogP) is 2.76. The second-order valence-corrected chi connectivity index (χ2v) is 3.96. The van der Waals surface area contributed by atoms with Crippen LogP contribution in [-0.2, 0) is 14.9 Å². The minimum atomic E-state index is -0.170. The quantitative estimate of drug-likeness (QED) is 0.618. The van der Waals surface area contributed by atoms with Gasteiger partial charge in [-0.2, -0.15) is 0 Å². The van der Waals surface area contributed by atoms with E-state index in [9.17, 15) is 4.79 Å². The number of amides is 1. The van der Waals surface area contributed by atoms with E-state index in [1.165, 1.54) is 4.90 Å². The summed E-state index contributed by atoms with van der Waals surface area (Å²) in [5, 5.41) is 0.680. The lowest BCUT2D eigenvalue weighted by Crippen LogP contribution is -2.34. The van der Waals surface area contributed by atoms with Crippen LogP contribution >= 0.6 is 27.5 Å². The fourth-order valence-electron chi connectivity index (χ4n) is 1.36. The molecule has 0 atom stereocenters. The molecule has 1 aromatic carbocycles. The van der Waals surface area contributed by atoms with Gasteiger partial charge < -0.3 is 4.74 Å². The van der Waals surface area contributed by atoms with Gasteiger partial charge in [-0.3, -0.25) is 9.69 Å². The minimum absolute atomic E-state index is 0.0556. The lowest BCUT2D eigenvalue weighted by molar-refractivity contribution is -0.117. The SMILES string of the molecule is COCN(C(=O)CCl)c1ccccc1CBr. The normalized spacial score (nSPS) is 10.2. The van der Waals surface area contributed by atoms with Crippen molar-refractivity contribution in [1.82, 2.24) is 0 Å². The van der Waals surface area contributed by atoms with E-state index in [1.54, 1.807) is 7.11 Å². The zero-order valence-corrected chi connectivity index (χ0v) is 11.3. The maximum Gasteiger partial charge on any atom is 0.243 e. The molecule has 5 heteroatoms. The Morgan fingerprint density at radius 3 is 2.75 bits per heavy atom. The smallest absolute Gasteiger partial charge is 0.243 e. The molecule has 0 saturated carbocycles. The minimum Gasteiger partial charge on any atom is -0.364 e. The van der Waals surface area contributed by atoms with Crippen LogP contribution < -0.4 is 4.90 Å². The van der Waals surface area contributed by atoms with E-state index >= 15 is 0 Å². The van der Waals surface area contributed by atoms with Crippen molar-refractivity contribution in [2.45, 2.75) is 5.33 Å². The highest BCUT2D eigenvalue weighted by Gasteiger charge is 2.16. The Bertz CT molecular complexity index is 360. The molecule has 0 fully saturated rings. The molecule has 0 aromatic heterocycles. The Kier molecular flexibility index (Phi) is 5.80. The maximum atomic E-state index is 11.7. The number of halogens is 2. The van der Waals surface area contributed by atoms with Crippen molar-refractivity contribution in [3.8, 4) is 0 Å². The Morgan fingerprint density at radius 2 is 2.19 bits per heavy atom. The molecule has 0 heterocycles. The zero-order chi connectivity index (χ0) is 12.0. The van der Waals surface area contributed by atoms with Gasteiger partial charge in [-0.05, 0) is 11.6 Å². The van der Waals surface area contributed by atoms with Crippen LogP contribution in [0.25, 0.3) is 0 Å². The van der Waals surface area contributed by atoms with Crippen LogP contribution in [0.15, 0.2) is 24.3 Å². The highest BCUT2D eigenvalue weighted by molar-refractivity contribution is 9.08. The second-order valence-electron chi connectivity index (χ2n) is 3.14. The molecule has 0 saturated heterocycles. The van der Waals surface area contributed by atoms with E-state index < -0.39 is 0 Å². The van der Waals surface area contributed by atoms with Crippen molar-refractivity contribution in [2.24, 2.45) is 0 Å². The first kappa shape index (κ1) is 13.5. The van der Waals surface area contributed by atoms with Gasteiger partial charge in [-0.1, -0.05) is 34.1 Å². The summed E-state index contributed by atoms with van der Waals surface area (Å²) in [6, 6.07) is 7.64. The highest BCUT2D eigenvalue weighted by Crippen LogP contribution is 2.22. The predicted molar refractivity (Wildman–Crippen MR) is 69.2 cm³/mol. The van der Waals surface area contributed by atoms with E-state index in [1.807, 2.05) is 24.3 Å². The van der Waals surface area contributed by atoms with E-state index in [0.717, 1.165) is 11.3 Å². The van der Waals surface area contributed by atoms with Gasteiger partial charge in [0.25, 0.3) is 0 Å². The van der Waals surface area contributed by atoms with Crippen LogP contribution in [0.5, 0.6) is 0 Å². The Balaban J connectivity index is 3.04. The second kappa shape index (κ2) is 6.89. The molecular weight excluding hydrogens is 293 g/mol. The van der Waals surface area contributed by atoms with E-state index in [2.05, 4.69) is 15.9 Å². The molecule has 0 aliphatic rings. The topological polar surface area (TPSA) is 29.5 Å². The first-order chi connectivity index (χ1) is 7.74. The van der Waals surface area contributed by atoms with Gasteiger partial charge in [0, 0.05) is 12.4 Å². The number of anilines is 1. The zero-order valence-electron chi connectivity index (χ0n) is 8.95. The summed E-state index contributed by atoms with van der Waals surface area (Å²) in [6.07, 6.45) is 0. The maximum absolute atomic E-state index is 11.7. The van der Waals surface area contributed by atoms with E-state index in [0.29, 0.717) is 5.33 Å². The molecule has 0 N–H and O–H groups in total. The number of alkyl halides is 2. The molecule has 3 nitrogen and oxygen atoms in total. The van der Waals surface area contributed by atoms with Gasteiger partial charge in [0.05, 0.1) is 5.69 Å². The number of methoxy groups -OCH3 is 1. The molecule has 1 amide bonds. The van der Waals surface area contributed by atoms with Crippen LogP contribution in [0, 0.1) is 0 Å². The van der Waals surface area contributed by atoms with Gasteiger partial charge in [0.1, 0.15) is 12.6 Å². The summed E-state index contributed by atoms with van der Waals surface area (Å²) in [7, 11) is 1.55. The summed E-state index contributed by atoms with van der Waals surface area (Å²) in [5.74, 6) is -0.225. The number of hydrogen-bond acceptors (Lipinski definition) is 2. The third kappa shape index (κ3) is 3.20. The lowest BCUT2D eigenvalue weighted by atomic mass is 10.2. The Labute approximate surface area is 108 Å². The molecular formula is C11H13BrClNO2. The summed E-state index contributed by atoms with van der Waals surface area (Å²) in [4.78, 5) is 13.2. The average molecular weight is 307 g/mol. The standard InChI is InChI=1S/C11H13BrClNO2/c1-16-8-14(11(15)7-13)10-5-3-2-4-9(10)6-12/h2-5H,6-8H2,1H3. The molecule has 1 aromatic rings. The van der Waals surface area contributed by atoms with Crippen LogP contribution in [0.2, 0.25) is 0 Å². The Morgan fingerprint density at radius 1 is 1.50 bits per heavy atom. The first-order valence-electron chi connectivity index (χ1n) is 4.73. The van der Waals surface area contributed by atoms with Crippen LogP contribution in [-0.4, -0.2) is 25.6 Å². The van der Waals surface area contributed by atoms with Crippen molar-refractivity contribution in [2.75, 3.05) is 24.6 Å². The van der Waals surface area contributed by atoms with Gasteiger partial charge in [0.2, 0.25) is 5.91 Å². The Hall–Kier alpha value is -0.580. The van der Waals surface area contributed by atoms with Crippen molar-refractivity contribution >= 4 is 39.1 Å². The van der Waals surface area contributed by atoms with Crippen molar-refractivity contribution in [3.63, 3.8) is 0 Å². The summed E-state index contributed by atoms with van der Waals surface area (Å²) >= 11 is 8.96. The first-order valence-corrected chi connectivity index (χ1v) is 6.39. The van der Waals surface area contributed by atoms with Crippen molar-refractivity contribution in [1.29, 1.82) is 0 Å². The van der Waals surface area contributed by atoms with Crippen LogP contribution in [0.1, 0.15) is 5.56 Å². The van der Waals surface area contributed by atoms with Gasteiger partial charge in [0.15, 0.2) is 0 Å². The molecule has 88 valence electrons. The molecule has 0 aliphatic carbocycles. The van der Waals surface area contributed by atoms with E-state index in [-0.39, 0.29) is 18.5 Å². The average Bonchev–Trinajstić information content (AvgIpc) is 2.35. The van der Waals surface area contributed by atoms with Gasteiger partial charge in [-0.15, -0.1) is 11.6 Å². The van der Waals surface area contributed by atoms with Crippen LogP contribution in [0.4, 0.5) is 5.69 Å². The number of carbonyl (C=O) groups is 1. The number of hydrogen-bond donors (Lipinski definition) is 0. The number of nitrogens with zero attached hydrogens (tertiary/aromatic N) is 1. The fraction of sp³-hybridized carbons (Fsp3) is 0.364. The largest absolute Gasteiger partial charge is 0.364 e. The molecule has 0 unspecified atom stereocenters. The number of benzene rings is 1. The monoisotopic (exact) mass is 305 g/mol. The summed E-state index contributed by atoms with van der Waals surface area (Å²) in [6.45, 7) is 0.204. The van der Waals surface area contributed by atoms with Crippen molar-refractivity contribution < 1.29 is 9.53 Å². The lowest BCUT2D eigenvalue weighted by Gasteiger charge is -2.23. The number of rotatable bonds is 5. The fourth-order valence-corrected chi connectivity index (χ4v) is 1.98. The van der Waals surface area contributed by atoms with Gasteiger partial charge >= 0.3 is 0 Å². The number of para-hydroxylation sites is 1.